The summed E-state index contributed by atoms with van der Waals surface area (Å²) < 4.78 is 36.3. The van der Waals surface area contributed by atoms with Gasteiger partial charge in [0.25, 0.3) is 10.1 Å². The zero-order valence-electron chi connectivity index (χ0n) is 16.1. The standard InChI is InChI=1S/C21H22O6S/c1-13-5-9-17(10-6-13)28(24,25)27-21(3,20(22)23)19-14(2)11-15-7-8-16(26-4)12-18(15)19/h5-10,12H,11H2,1-4H3,(H,22,23). The molecule has 3 rings (SSSR count). The molecule has 1 atom stereocenters. The minimum atomic E-state index is -4.31. The van der Waals surface area contributed by atoms with E-state index in [2.05, 4.69) is 0 Å². The Balaban J connectivity index is 2.10. The highest BCUT2D eigenvalue weighted by Gasteiger charge is 2.47. The number of carboxylic acids is 1. The van der Waals surface area contributed by atoms with Crippen molar-refractivity contribution in [3.05, 3.63) is 64.7 Å². The molecular formula is C21H22O6S. The molecule has 2 aromatic rings. The van der Waals surface area contributed by atoms with Crippen molar-refractivity contribution in [3.63, 3.8) is 0 Å². The van der Waals surface area contributed by atoms with Crippen molar-refractivity contribution in [3.8, 4) is 5.75 Å². The van der Waals surface area contributed by atoms with E-state index in [1.165, 1.54) is 26.2 Å². The lowest BCUT2D eigenvalue weighted by molar-refractivity contribution is -0.148. The first kappa shape index (κ1) is 20.1. The summed E-state index contributed by atoms with van der Waals surface area (Å²) >= 11 is 0. The molecule has 0 spiro atoms. The van der Waals surface area contributed by atoms with Crippen LogP contribution in [0.4, 0.5) is 0 Å². The van der Waals surface area contributed by atoms with Crippen LogP contribution < -0.4 is 4.74 Å². The normalized spacial score (nSPS) is 15.9. The third-order valence-electron chi connectivity index (χ3n) is 4.94. The van der Waals surface area contributed by atoms with Gasteiger partial charge in [-0.1, -0.05) is 29.3 Å². The van der Waals surface area contributed by atoms with Crippen molar-refractivity contribution < 1.29 is 27.2 Å². The lowest BCUT2D eigenvalue weighted by Crippen LogP contribution is -2.41. The second kappa shape index (κ2) is 7.07. The Morgan fingerprint density at radius 3 is 2.32 bits per heavy atom. The van der Waals surface area contributed by atoms with Crippen LogP contribution in [-0.4, -0.2) is 32.2 Å². The Morgan fingerprint density at radius 2 is 1.75 bits per heavy atom. The molecule has 1 aliphatic rings. The molecule has 0 radical (unpaired) electrons. The number of allylic oxidation sites excluding steroid dienone is 1. The van der Waals surface area contributed by atoms with Gasteiger partial charge in [-0.3, -0.25) is 0 Å². The average Bonchev–Trinajstić information content (AvgIpc) is 2.96. The van der Waals surface area contributed by atoms with Gasteiger partial charge in [-0.2, -0.15) is 8.42 Å². The fourth-order valence-corrected chi connectivity index (χ4v) is 4.65. The molecule has 2 aromatic carbocycles. The van der Waals surface area contributed by atoms with E-state index >= 15 is 0 Å². The van der Waals surface area contributed by atoms with Crippen LogP contribution in [0.2, 0.25) is 0 Å². The summed E-state index contributed by atoms with van der Waals surface area (Å²) in [5.74, 6) is -0.826. The Labute approximate surface area is 164 Å². The number of rotatable bonds is 6. The number of carbonyl (C=O) groups is 1. The summed E-state index contributed by atoms with van der Waals surface area (Å²) in [6, 6.07) is 11.4. The van der Waals surface area contributed by atoms with E-state index in [1.54, 1.807) is 31.2 Å². The fourth-order valence-electron chi connectivity index (χ4n) is 3.49. The highest BCUT2D eigenvalue weighted by molar-refractivity contribution is 7.86. The molecule has 7 heteroatoms. The van der Waals surface area contributed by atoms with Gasteiger partial charge >= 0.3 is 5.97 Å². The van der Waals surface area contributed by atoms with Crippen LogP contribution in [0.25, 0.3) is 5.57 Å². The molecule has 0 saturated carbocycles. The molecule has 0 amide bonds. The first-order valence-electron chi connectivity index (χ1n) is 8.71. The number of methoxy groups -OCH3 is 1. The number of aliphatic carboxylic acids is 1. The van der Waals surface area contributed by atoms with Gasteiger partial charge in [-0.05, 0) is 62.6 Å². The maximum absolute atomic E-state index is 12.8. The smallest absolute Gasteiger partial charge is 0.341 e. The largest absolute Gasteiger partial charge is 0.497 e. The monoisotopic (exact) mass is 402 g/mol. The van der Waals surface area contributed by atoms with Crippen molar-refractivity contribution in [2.24, 2.45) is 0 Å². The van der Waals surface area contributed by atoms with Crippen molar-refractivity contribution >= 4 is 21.7 Å². The van der Waals surface area contributed by atoms with Crippen LogP contribution in [0.15, 0.2) is 52.9 Å². The number of carboxylic acid groups (broad SMARTS) is 1. The predicted octanol–water partition coefficient (Wildman–Crippen LogP) is 3.58. The van der Waals surface area contributed by atoms with Gasteiger partial charge in [0.15, 0.2) is 0 Å². The third kappa shape index (κ3) is 3.43. The van der Waals surface area contributed by atoms with E-state index in [1.807, 2.05) is 13.0 Å². The van der Waals surface area contributed by atoms with Crippen LogP contribution in [-0.2, 0) is 25.5 Å². The van der Waals surface area contributed by atoms with Gasteiger partial charge in [0.1, 0.15) is 5.75 Å². The number of hydrogen-bond donors (Lipinski definition) is 1. The summed E-state index contributed by atoms with van der Waals surface area (Å²) in [5, 5.41) is 9.96. The summed E-state index contributed by atoms with van der Waals surface area (Å²) in [4.78, 5) is 12.1. The summed E-state index contributed by atoms with van der Waals surface area (Å²) in [5.41, 5.74) is 1.41. The maximum Gasteiger partial charge on any atom is 0.341 e. The SMILES string of the molecule is COc1ccc2c(c1)C(C(C)(OS(=O)(=O)c1ccc(C)cc1)C(=O)O)=C(C)C2. The Bertz CT molecular complexity index is 1070. The number of benzene rings is 2. The molecule has 1 N–H and O–H groups in total. The fraction of sp³-hybridized carbons (Fsp3) is 0.286. The molecule has 1 unspecified atom stereocenters. The van der Waals surface area contributed by atoms with E-state index in [0.717, 1.165) is 16.7 Å². The maximum atomic E-state index is 12.8. The van der Waals surface area contributed by atoms with Crippen LogP contribution >= 0.6 is 0 Å². The molecule has 1 aliphatic carbocycles. The van der Waals surface area contributed by atoms with E-state index in [-0.39, 0.29) is 4.90 Å². The van der Waals surface area contributed by atoms with Crippen molar-refractivity contribution in [2.45, 2.75) is 37.7 Å². The van der Waals surface area contributed by atoms with Crippen LogP contribution in [0.1, 0.15) is 30.5 Å². The first-order chi connectivity index (χ1) is 13.1. The van der Waals surface area contributed by atoms with Crippen molar-refractivity contribution in [1.82, 2.24) is 0 Å². The molecule has 0 heterocycles. The zero-order valence-corrected chi connectivity index (χ0v) is 17.0. The summed E-state index contributed by atoms with van der Waals surface area (Å²) in [6.07, 6.45) is 0.519. The molecule has 0 aromatic heterocycles. The van der Waals surface area contributed by atoms with Crippen LogP contribution in [0.5, 0.6) is 5.75 Å². The number of fused-ring (bicyclic) bond motifs is 1. The van der Waals surface area contributed by atoms with Gasteiger partial charge in [-0.15, -0.1) is 0 Å². The topological polar surface area (TPSA) is 89.9 Å². The van der Waals surface area contributed by atoms with Crippen molar-refractivity contribution in [1.29, 1.82) is 0 Å². The quantitative estimate of drug-likeness (QED) is 0.743. The van der Waals surface area contributed by atoms with E-state index < -0.39 is 21.7 Å². The van der Waals surface area contributed by atoms with Gasteiger partial charge in [-0.25, -0.2) is 8.98 Å². The van der Waals surface area contributed by atoms with E-state index in [0.29, 0.717) is 23.3 Å². The van der Waals surface area contributed by atoms with Crippen LogP contribution in [0, 0.1) is 6.92 Å². The number of aryl methyl sites for hydroxylation is 1. The van der Waals surface area contributed by atoms with E-state index in [9.17, 15) is 18.3 Å². The Hall–Kier alpha value is -2.64. The van der Waals surface area contributed by atoms with Gasteiger partial charge in [0, 0.05) is 5.57 Å². The van der Waals surface area contributed by atoms with Gasteiger partial charge < -0.3 is 9.84 Å². The minimum Gasteiger partial charge on any atom is -0.497 e. The molecule has 0 bridgehead atoms. The molecular weight excluding hydrogens is 380 g/mol. The molecule has 6 nitrogen and oxygen atoms in total. The highest BCUT2D eigenvalue weighted by Crippen LogP contribution is 2.44. The lowest BCUT2D eigenvalue weighted by Gasteiger charge is -2.28. The average molecular weight is 402 g/mol. The van der Waals surface area contributed by atoms with Crippen LogP contribution in [0.3, 0.4) is 0 Å². The molecule has 0 saturated heterocycles. The second-order valence-electron chi connectivity index (χ2n) is 7.04. The highest BCUT2D eigenvalue weighted by atomic mass is 32.2. The predicted molar refractivity (Wildman–Crippen MR) is 105 cm³/mol. The molecule has 28 heavy (non-hydrogen) atoms. The van der Waals surface area contributed by atoms with Gasteiger partial charge in [0.05, 0.1) is 12.0 Å². The Morgan fingerprint density at radius 1 is 1.11 bits per heavy atom. The number of ether oxygens (including phenoxy) is 1. The zero-order chi connectivity index (χ0) is 20.7. The molecule has 0 aliphatic heterocycles. The Kier molecular flexibility index (Phi) is 5.08. The summed E-state index contributed by atoms with van der Waals surface area (Å²) in [7, 11) is -2.79. The second-order valence-corrected chi connectivity index (χ2v) is 8.59. The van der Waals surface area contributed by atoms with Crippen molar-refractivity contribution in [2.75, 3.05) is 7.11 Å². The molecule has 148 valence electrons. The summed E-state index contributed by atoms with van der Waals surface area (Å²) in [6.45, 7) is 4.88. The third-order valence-corrected chi connectivity index (χ3v) is 6.34. The minimum absolute atomic E-state index is 0.0901. The van der Waals surface area contributed by atoms with E-state index in [4.69, 9.17) is 8.92 Å². The first-order valence-corrected chi connectivity index (χ1v) is 10.1. The van der Waals surface area contributed by atoms with Gasteiger partial charge in [0.2, 0.25) is 5.60 Å². The number of hydrogen-bond acceptors (Lipinski definition) is 5. The molecule has 0 fully saturated rings. The lowest BCUT2D eigenvalue weighted by atomic mass is 9.89.